The maximum Gasteiger partial charge on any atom is 0.319 e. The maximum absolute atomic E-state index is 11.9. The predicted molar refractivity (Wildman–Crippen MR) is 93.1 cm³/mol. The van der Waals surface area contributed by atoms with Crippen LogP contribution in [0.2, 0.25) is 0 Å². The third kappa shape index (κ3) is 6.16. The molecule has 2 aromatic rings. The molecule has 0 bridgehead atoms. The van der Waals surface area contributed by atoms with Crippen molar-refractivity contribution in [3.63, 3.8) is 0 Å². The summed E-state index contributed by atoms with van der Waals surface area (Å²) in [5.41, 5.74) is 1.78. The lowest BCUT2D eigenvalue weighted by atomic mass is 10.2. The van der Waals surface area contributed by atoms with E-state index in [4.69, 9.17) is 4.74 Å². The SMILES string of the molecule is CC(C)COCCCNC(=O)Nc1cccc(-n2cccc2)c1. The second-order valence-electron chi connectivity index (χ2n) is 5.84. The quantitative estimate of drug-likeness (QED) is 0.730. The summed E-state index contributed by atoms with van der Waals surface area (Å²) in [5, 5.41) is 5.69. The van der Waals surface area contributed by atoms with Crippen LogP contribution in [0.4, 0.5) is 10.5 Å². The third-order valence-corrected chi connectivity index (χ3v) is 3.21. The van der Waals surface area contributed by atoms with Crippen LogP contribution in [0.1, 0.15) is 20.3 Å². The number of carbonyl (C=O) groups excluding carboxylic acids is 1. The maximum atomic E-state index is 11.9. The standard InChI is InChI=1S/C18H25N3O2/c1-15(2)14-23-12-6-9-19-18(22)20-16-7-5-8-17(13-16)21-10-3-4-11-21/h3-5,7-8,10-11,13,15H,6,9,12,14H2,1-2H3,(H2,19,20,22). The van der Waals surface area contributed by atoms with Crippen molar-refractivity contribution in [3.05, 3.63) is 48.8 Å². The van der Waals surface area contributed by atoms with Gasteiger partial charge in [-0.25, -0.2) is 4.79 Å². The summed E-state index contributed by atoms with van der Waals surface area (Å²) >= 11 is 0. The first-order valence-electron chi connectivity index (χ1n) is 8.01. The Labute approximate surface area is 137 Å². The van der Waals surface area contributed by atoms with Gasteiger partial charge in [-0.2, -0.15) is 0 Å². The Balaban J connectivity index is 1.72. The molecular weight excluding hydrogens is 290 g/mol. The van der Waals surface area contributed by atoms with Gasteiger partial charge >= 0.3 is 6.03 Å². The van der Waals surface area contributed by atoms with Crippen molar-refractivity contribution in [2.75, 3.05) is 25.1 Å². The predicted octanol–water partition coefficient (Wildman–Crippen LogP) is 3.66. The normalized spacial score (nSPS) is 10.7. The molecule has 124 valence electrons. The zero-order valence-corrected chi connectivity index (χ0v) is 13.8. The second-order valence-corrected chi connectivity index (χ2v) is 5.84. The number of hydrogen-bond donors (Lipinski definition) is 2. The first-order chi connectivity index (χ1) is 11.1. The van der Waals surface area contributed by atoms with Crippen LogP contribution in [0.5, 0.6) is 0 Å². The van der Waals surface area contributed by atoms with Gasteiger partial charge < -0.3 is 19.9 Å². The smallest absolute Gasteiger partial charge is 0.319 e. The highest BCUT2D eigenvalue weighted by atomic mass is 16.5. The average Bonchev–Trinajstić information content (AvgIpc) is 3.05. The van der Waals surface area contributed by atoms with Crippen molar-refractivity contribution in [2.24, 2.45) is 5.92 Å². The Kier molecular flexibility index (Phi) is 6.69. The van der Waals surface area contributed by atoms with Crippen LogP contribution in [0.3, 0.4) is 0 Å². The summed E-state index contributed by atoms with van der Waals surface area (Å²) in [6.45, 7) is 6.27. The minimum Gasteiger partial charge on any atom is -0.381 e. The molecule has 0 aliphatic carbocycles. The largest absolute Gasteiger partial charge is 0.381 e. The molecule has 0 saturated carbocycles. The molecule has 0 spiro atoms. The van der Waals surface area contributed by atoms with Gasteiger partial charge in [0.05, 0.1) is 0 Å². The van der Waals surface area contributed by atoms with Crippen LogP contribution < -0.4 is 10.6 Å². The van der Waals surface area contributed by atoms with E-state index >= 15 is 0 Å². The molecule has 1 aromatic heterocycles. The van der Waals surface area contributed by atoms with Gasteiger partial charge in [-0.1, -0.05) is 19.9 Å². The summed E-state index contributed by atoms with van der Waals surface area (Å²) in [5.74, 6) is 0.541. The van der Waals surface area contributed by atoms with Crippen LogP contribution in [0.25, 0.3) is 5.69 Å². The lowest BCUT2D eigenvalue weighted by molar-refractivity contribution is 0.108. The Morgan fingerprint density at radius 2 is 2.00 bits per heavy atom. The molecule has 0 unspecified atom stereocenters. The molecule has 23 heavy (non-hydrogen) atoms. The van der Waals surface area contributed by atoms with Crippen molar-refractivity contribution >= 4 is 11.7 Å². The molecule has 2 rings (SSSR count). The van der Waals surface area contributed by atoms with Gasteiger partial charge in [-0.15, -0.1) is 0 Å². The lowest BCUT2D eigenvalue weighted by Crippen LogP contribution is -2.30. The number of amides is 2. The van der Waals surface area contributed by atoms with Crippen molar-refractivity contribution < 1.29 is 9.53 Å². The molecule has 0 fully saturated rings. The highest BCUT2D eigenvalue weighted by Crippen LogP contribution is 2.14. The first-order valence-corrected chi connectivity index (χ1v) is 8.01. The molecule has 0 radical (unpaired) electrons. The Morgan fingerprint density at radius 1 is 1.22 bits per heavy atom. The van der Waals surface area contributed by atoms with Gasteiger partial charge in [0.2, 0.25) is 0 Å². The molecule has 0 aliphatic heterocycles. The fraction of sp³-hybridized carbons (Fsp3) is 0.389. The van der Waals surface area contributed by atoms with Gasteiger partial charge in [0.15, 0.2) is 0 Å². The zero-order chi connectivity index (χ0) is 16.5. The molecule has 1 aromatic carbocycles. The zero-order valence-electron chi connectivity index (χ0n) is 13.8. The van der Waals surface area contributed by atoms with Crippen molar-refractivity contribution in [1.82, 2.24) is 9.88 Å². The van der Waals surface area contributed by atoms with Gasteiger partial charge in [0, 0.05) is 43.5 Å². The lowest BCUT2D eigenvalue weighted by Gasteiger charge is -2.10. The molecule has 2 amide bonds. The van der Waals surface area contributed by atoms with E-state index < -0.39 is 0 Å². The van der Waals surface area contributed by atoms with Crippen LogP contribution in [0, 0.1) is 5.92 Å². The Morgan fingerprint density at radius 3 is 2.74 bits per heavy atom. The number of carbonyl (C=O) groups is 1. The Bertz CT molecular complexity index is 594. The average molecular weight is 315 g/mol. The van der Waals surface area contributed by atoms with E-state index in [0.29, 0.717) is 19.1 Å². The monoisotopic (exact) mass is 315 g/mol. The molecular formula is C18H25N3O2. The number of hydrogen-bond acceptors (Lipinski definition) is 2. The number of nitrogens with zero attached hydrogens (tertiary/aromatic N) is 1. The van der Waals surface area contributed by atoms with Crippen molar-refractivity contribution in [2.45, 2.75) is 20.3 Å². The number of anilines is 1. The summed E-state index contributed by atoms with van der Waals surface area (Å²) in [4.78, 5) is 11.9. The van der Waals surface area contributed by atoms with E-state index in [0.717, 1.165) is 24.4 Å². The summed E-state index contributed by atoms with van der Waals surface area (Å²) < 4.78 is 7.47. The van der Waals surface area contributed by atoms with E-state index in [1.54, 1.807) is 0 Å². The van der Waals surface area contributed by atoms with Crippen molar-refractivity contribution in [3.8, 4) is 5.69 Å². The minimum atomic E-state index is -0.196. The number of urea groups is 1. The topological polar surface area (TPSA) is 55.3 Å². The summed E-state index contributed by atoms with van der Waals surface area (Å²) in [7, 11) is 0. The number of ether oxygens (including phenoxy) is 1. The summed E-state index contributed by atoms with van der Waals surface area (Å²) in [6.07, 6.45) is 4.75. The molecule has 0 atom stereocenters. The van der Waals surface area contributed by atoms with E-state index in [9.17, 15) is 4.79 Å². The number of aromatic nitrogens is 1. The minimum absolute atomic E-state index is 0.196. The fourth-order valence-corrected chi connectivity index (χ4v) is 2.12. The van der Waals surface area contributed by atoms with E-state index in [1.165, 1.54) is 0 Å². The molecule has 0 saturated heterocycles. The second kappa shape index (κ2) is 9.00. The van der Waals surface area contributed by atoms with Gasteiger partial charge in [-0.05, 0) is 42.7 Å². The van der Waals surface area contributed by atoms with Gasteiger partial charge in [-0.3, -0.25) is 0 Å². The number of benzene rings is 1. The molecule has 2 N–H and O–H groups in total. The van der Waals surface area contributed by atoms with E-state index in [-0.39, 0.29) is 6.03 Å². The van der Waals surface area contributed by atoms with E-state index in [1.807, 2.05) is 53.4 Å². The Hall–Kier alpha value is -2.27. The number of rotatable bonds is 8. The molecule has 5 heteroatoms. The highest BCUT2D eigenvalue weighted by Gasteiger charge is 2.03. The van der Waals surface area contributed by atoms with Crippen LogP contribution in [-0.2, 0) is 4.74 Å². The third-order valence-electron chi connectivity index (χ3n) is 3.21. The van der Waals surface area contributed by atoms with E-state index in [2.05, 4.69) is 24.5 Å². The van der Waals surface area contributed by atoms with Crippen LogP contribution in [-0.4, -0.2) is 30.4 Å². The van der Waals surface area contributed by atoms with Crippen LogP contribution in [0.15, 0.2) is 48.8 Å². The van der Waals surface area contributed by atoms with Gasteiger partial charge in [0.25, 0.3) is 0 Å². The fourth-order valence-electron chi connectivity index (χ4n) is 2.12. The first kappa shape index (κ1) is 17.1. The molecule has 0 aliphatic rings. The summed E-state index contributed by atoms with van der Waals surface area (Å²) in [6, 6.07) is 11.5. The highest BCUT2D eigenvalue weighted by molar-refractivity contribution is 5.89. The molecule has 1 heterocycles. The number of nitrogens with one attached hydrogen (secondary N) is 2. The van der Waals surface area contributed by atoms with Crippen LogP contribution >= 0.6 is 0 Å². The van der Waals surface area contributed by atoms with Crippen molar-refractivity contribution in [1.29, 1.82) is 0 Å². The van der Waals surface area contributed by atoms with Gasteiger partial charge in [0.1, 0.15) is 0 Å². The molecule has 5 nitrogen and oxygen atoms in total.